The third kappa shape index (κ3) is 3.77. The maximum atomic E-state index is 13.1. The predicted molar refractivity (Wildman–Crippen MR) is 88.5 cm³/mol. The molecule has 24 heavy (non-hydrogen) atoms. The molecule has 0 N–H and O–H groups in total. The number of carbonyl (C=O) groups is 1. The predicted octanol–water partition coefficient (Wildman–Crippen LogP) is 1.78. The van der Waals surface area contributed by atoms with E-state index in [1.54, 1.807) is 0 Å². The summed E-state index contributed by atoms with van der Waals surface area (Å²) >= 11 is 0. The number of hydrogen-bond acceptors (Lipinski definition) is 4. The van der Waals surface area contributed by atoms with Gasteiger partial charge in [-0.25, -0.2) is 4.39 Å². The van der Waals surface area contributed by atoms with E-state index in [0.29, 0.717) is 25.3 Å². The van der Waals surface area contributed by atoms with Gasteiger partial charge >= 0.3 is 0 Å². The minimum atomic E-state index is -0.336. The van der Waals surface area contributed by atoms with E-state index >= 15 is 0 Å². The standard InChI is InChI=1S/C18H25FN2O3/c1-20(2)9-11-23-16-12-21(15-4-3-10-24-17(15)16)18(22)13-5-7-14(19)8-6-13/h5-8,15-17H,3-4,9-12H2,1-2H3/t15-,16+,17+/m1/s1. The molecule has 1 aromatic carbocycles. The Hall–Kier alpha value is -1.50. The first kappa shape index (κ1) is 17.3. The molecule has 0 saturated carbocycles. The summed E-state index contributed by atoms with van der Waals surface area (Å²) in [5.41, 5.74) is 0.509. The number of likely N-dealkylation sites (tertiary alicyclic amines) is 1. The minimum absolute atomic E-state index is 0.0423. The Morgan fingerprint density at radius 1 is 1.38 bits per heavy atom. The van der Waals surface area contributed by atoms with Gasteiger partial charge in [0, 0.05) is 18.7 Å². The molecule has 0 bridgehead atoms. The monoisotopic (exact) mass is 336 g/mol. The summed E-state index contributed by atoms with van der Waals surface area (Å²) in [6.07, 6.45) is 1.70. The lowest BCUT2D eigenvalue weighted by molar-refractivity contribution is -0.0776. The van der Waals surface area contributed by atoms with Crippen molar-refractivity contribution in [3.8, 4) is 0 Å². The Bertz CT molecular complexity index is 564. The number of halogens is 1. The summed E-state index contributed by atoms with van der Waals surface area (Å²) < 4.78 is 25.0. The summed E-state index contributed by atoms with van der Waals surface area (Å²) in [7, 11) is 4.00. The molecule has 0 aromatic heterocycles. The molecule has 2 aliphatic heterocycles. The first-order valence-corrected chi connectivity index (χ1v) is 8.51. The highest BCUT2D eigenvalue weighted by atomic mass is 19.1. The fraction of sp³-hybridized carbons (Fsp3) is 0.611. The third-order valence-electron chi connectivity index (χ3n) is 4.70. The maximum absolute atomic E-state index is 13.1. The van der Waals surface area contributed by atoms with Crippen LogP contribution in [0.25, 0.3) is 0 Å². The van der Waals surface area contributed by atoms with Crippen LogP contribution in [0.5, 0.6) is 0 Å². The zero-order valence-corrected chi connectivity index (χ0v) is 14.3. The minimum Gasteiger partial charge on any atom is -0.373 e. The van der Waals surface area contributed by atoms with Crippen molar-refractivity contribution in [3.05, 3.63) is 35.6 Å². The van der Waals surface area contributed by atoms with Crippen LogP contribution < -0.4 is 0 Å². The van der Waals surface area contributed by atoms with Gasteiger partial charge in [0.2, 0.25) is 0 Å². The highest BCUT2D eigenvalue weighted by Gasteiger charge is 2.46. The molecule has 6 heteroatoms. The van der Waals surface area contributed by atoms with Gasteiger partial charge in [0.25, 0.3) is 5.91 Å². The lowest BCUT2D eigenvalue weighted by atomic mass is 10.0. The normalized spacial score (nSPS) is 26.7. The Balaban J connectivity index is 1.70. The molecule has 2 saturated heterocycles. The van der Waals surface area contributed by atoms with E-state index in [2.05, 4.69) is 4.90 Å². The lowest BCUT2D eigenvalue weighted by Gasteiger charge is -2.32. The zero-order chi connectivity index (χ0) is 17.1. The number of nitrogens with zero attached hydrogens (tertiary/aromatic N) is 2. The van der Waals surface area contributed by atoms with E-state index in [9.17, 15) is 9.18 Å². The smallest absolute Gasteiger partial charge is 0.254 e. The van der Waals surface area contributed by atoms with Crippen LogP contribution in [0.2, 0.25) is 0 Å². The van der Waals surface area contributed by atoms with Crippen molar-refractivity contribution >= 4 is 5.91 Å². The van der Waals surface area contributed by atoms with Gasteiger partial charge in [-0.2, -0.15) is 0 Å². The molecular formula is C18H25FN2O3. The van der Waals surface area contributed by atoms with Crippen LogP contribution in [0.1, 0.15) is 23.2 Å². The molecule has 0 radical (unpaired) electrons. The second kappa shape index (κ2) is 7.59. The molecule has 132 valence electrons. The largest absolute Gasteiger partial charge is 0.373 e. The number of carbonyl (C=O) groups excluding carboxylic acids is 1. The number of rotatable bonds is 5. The van der Waals surface area contributed by atoms with Crippen molar-refractivity contribution in [2.45, 2.75) is 31.1 Å². The van der Waals surface area contributed by atoms with E-state index in [-0.39, 0.29) is 30.0 Å². The summed E-state index contributed by atoms with van der Waals surface area (Å²) in [6.45, 7) is 2.69. The molecule has 2 aliphatic rings. The van der Waals surface area contributed by atoms with E-state index in [4.69, 9.17) is 9.47 Å². The fourth-order valence-electron chi connectivity index (χ4n) is 3.43. The van der Waals surface area contributed by atoms with Gasteiger partial charge < -0.3 is 19.3 Å². The van der Waals surface area contributed by atoms with Crippen LogP contribution in [0.15, 0.2) is 24.3 Å². The maximum Gasteiger partial charge on any atom is 0.254 e. The van der Waals surface area contributed by atoms with Gasteiger partial charge in [0.15, 0.2) is 0 Å². The molecule has 0 aliphatic carbocycles. The van der Waals surface area contributed by atoms with Crippen LogP contribution >= 0.6 is 0 Å². The Morgan fingerprint density at radius 3 is 2.83 bits per heavy atom. The van der Waals surface area contributed by atoms with Gasteiger partial charge in [-0.3, -0.25) is 4.79 Å². The topological polar surface area (TPSA) is 42.0 Å². The van der Waals surface area contributed by atoms with Gasteiger partial charge in [-0.05, 0) is 51.2 Å². The number of ether oxygens (including phenoxy) is 2. The van der Waals surface area contributed by atoms with Gasteiger partial charge in [-0.1, -0.05) is 0 Å². The lowest BCUT2D eigenvalue weighted by Crippen LogP contribution is -2.44. The Kier molecular flexibility index (Phi) is 5.48. The number of hydrogen-bond donors (Lipinski definition) is 0. The fourth-order valence-corrected chi connectivity index (χ4v) is 3.43. The summed E-state index contributed by atoms with van der Waals surface area (Å²) in [5, 5.41) is 0. The van der Waals surface area contributed by atoms with Gasteiger partial charge in [-0.15, -0.1) is 0 Å². The van der Waals surface area contributed by atoms with Crippen molar-refractivity contribution in [1.82, 2.24) is 9.80 Å². The van der Waals surface area contributed by atoms with Crippen LogP contribution in [-0.4, -0.2) is 74.4 Å². The molecular weight excluding hydrogens is 311 g/mol. The van der Waals surface area contributed by atoms with Crippen molar-refractivity contribution in [3.63, 3.8) is 0 Å². The molecule has 2 heterocycles. The summed E-state index contributed by atoms with van der Waals surface area (Å²) in [6, 6.07) is 5.76. The summed E-state index contributed by atoms with van der Waals surface area (Å²) in [4.78, 5) is 16.7. The number of benzene rings is 1. The number of amides is 1. The Morgan fingerprint density at radius 2 is 2.12 bits per heavy atom. The van der Waals surface area contributed by atoms with Crippen LogP contribution in [-0.2, 0) is 9.47 Å². The number of fused-ring (bicyclic) bond motifs is 1. The Labute approximate surface area is 142 Å². The molecule has 0 unspecified atom stereocenters. The van der Waals surface area contributed by atoms with Crippen molar-refractivity contribution < 1.29 is 18.7 Å². The first-order valence-electron chi connectivity index (χ1n) is 8.51. The molecule has 1 amide bonds. The number of likely N-dealkylation sites (N-methyl/N-ethyl adjacent to an activating group) is 1. The van der Waals surface area contributed by atoms with Crippen LogP contribution in [0.4, 0.5) is 4.39 Å². The first-order chi connectivity index (χ1) is 11.6. The van der Waals surface area contributed by atoms with Crippen LogP contribution in [0.3, 0.4) is 0 Å². The average molecular weight is 336 g/mol. The SMILES string of the molecule is CN(C)CCO[C@H]1CN(C(=O)c2ccc(F)cc2)[C@@H]2CCCO[C@H]12. The average Bonchev–Trinajstić information content (AvgIpc) is 2.94. The van der Waals surface area contributed by atoms with E-state index in [0.717, 1.165) is 19.4 Å². The van der Waals surface area contributed by atoms with E-state index < -0.39 is 0 Å². The second-order valence-electron chi connectivity index (χ2n) is 6.72. The van der Waals surface area contributed by atoms with Gasteiger partial charge in [0.1, 0.15) is 18.0 Å². The molecule has 3 atom stereocenters. The highest BCUT2D eigenvalue weighted by molar-refractivity contribution is 5.94. The quantitative estimate of drug-likeness (QED) is 0.822. The molecule has 3 rings (SSSR count). The van der Waals surface area contributed by atoms with Gasteiger partial charge in [0.05, 0.1) is 19.2 Å². The van der Waals surface area contributed by atoms with Crippen molar-refractivity contribution in [2.24, 2.45) is 0 Å². The van der Waals surface area contributed by atoms with E-state index in [1.807, 2.05) is 19.0 Å². The zero-order valence-electron chi connectivity index (χ0n) is 14.3. The van der Waals surface area contributed by atoms with E-state index in [1.165, 1.54) is 24.3 Å². The van der Waals surface area contributed by atoms with Crippen molar-refractivity contribution in [1.29, 1.82) is 0 Å². The second-order valence-corrected chi connectivity index (χ2v) is 6.72. The van der Waals surface area contributed by atoms with Crippen LogP contribution in [0, 0.1) is 5.82 Å². The van der Waals surface area contributed by atoms with Crippen molar-refractivity contribution in [2.75, 3.05) is 40.4 Å². The molecule has 1 aromatic rings. The highest BCUT2D eigenvalue weighted by Crippen LogP contribution is 2.31. The molecule has 0 spiro atoms. The molecule has 2 fully saturated rings. The molecule has 5 nitrogen and oxygen atoms in total. The third-order valence-corrected chi connectivity index (χ3v) is 4.70. The summed E-state index contributed by atoms with van der Waals surface area (Å²) in [5.74, 6) is -0.411.